The number of benzene rings is 1. The van der Waals surface area contributed by atoms with Crippen molar-refractivity contribution in [1.29, 1.82) is 0 Å². The summed E-state index contributed by atoms with van der Waals surface area (Å²) in [5, 5.41) is 3.96. The maximum Gasteiger partial charge on any atom is 0.227 e. The van der Waals surface area contributed by atoms with Crippen molar-refractivity contribution in [3.63, 3.8) is 0 Å². The van der Waals surface area contributed by atoms with E-state index < -0.39 is 0 Å². The van der Waals surface area contributed by atoms with Crippen LogP contribution in [0.2, 0.25) is 5.31 Å². The van der Waals surface area contributed by atoms with Crippen LogP contribution in [0.3, 0.4) is 0 Å². The van der Waals surface area contributed by atoms with Crippen molar-refractivity contribution in [1.82, 2.24) is 14.9 Å². The first kappa shape index (κ1) is 29.2. The zero-order chi connectivity index (χ0) is 27.5. The lowest BCUT2D eigenvalue weighted by Crippen LogP contribution is -2.55. The van der Waals surface area contributed by atoms with E-state index in [1.165, 1.54) is 29.5 Å². The summed E-state index contributed by atoms with van der Waals surface area (Å²) in [6.45, 7) is 25.1. The summed E-state index contributed by atoms with van der Waals surface area (Å²) in [6, 6.07) is 7.38. The van der Waals surface area contributed by atoms with Gasteiger partial charge >= 0.3 is 0 Å². The van der Waals surface area contributed by atoms with Gasteiger partial charge in [0.1, 0.15) is 13.7 Å². The van der Waals surface area contributed by atoms with E-state index in [9.17, 15) is 0 Å². The van der Waals surface area contributed by atoms with Gasteiger partial charge in [0.2, 0.25) is 5.95 Å². The number of anilines is 2. The Morgan fingerprint density at radius 2 is 1.86 bits per heavy atom. The van der Waals surface area contributed by atoms with Crippen LogP contribution < -0.4 is 10.2 Å². The van der Waals surface area contributed by atoms with Gasteiger partial charge < -0.3 is 15.1 Å². The second-order valence-electron chi connectivity index (χ2n) is 12.3. The molecule has 1 N–H and O–H groups in total. The molecule has 1 aromatic carbocycles. The normalized spacial score (nSPS) is 17.4. The molecule has 1 aliphatic rings. The molecule has 0 amide bonds. The Labute approximate surface area is 227 Å². The number of hydrogen-bond acceptors (Lipinski definition) is 5. The molecule has 0 saturated carbocycles. The molecule has 0 spiro atoms. The third-order valence-electron chi connectivity index (χ3n) is 8.71. The summed E-state index contributed by atoms with van der Waals surface area (Å²) in [5.74, 6) is 3.06. The van der Waals surface area contributed by atoms with Crippen molar-refractivity contribution in [2.24, 2.45) is 11.8 Å². The minimum absolute atomic E-state index is 0.136. The van der Waals surface area contributed by atoms with Crippen LogP contribution in [0.4, 0.5) is 11.8 Å². The van der Waals surface area contributed by atoms with Crippen molar-refractivity contribution in [3.8, 4) is 0 Å². The molecule has 37 heavy (non-hydrogen) atoms. The molecule has 2 heterocycles. The van der Waals surface area contributed by atoms with Crippen LogP contribution >= 0.6 is 0 Å². The fourth-order valence-corrected chi connectivity index (χ4v) is 5.86. The van der Waals surface area contributed by atoms with Gasteiger partial charge in [0.15, 0.2) is 0 Å². The molecule has 1 aromatic heterocycles. The van der Waals surface area contributed by atoms with E-state index in [-0.39, 0.29) is 11.4 Å². The van der Waals surface area contributed by atoms with Crippen molar-refractivity contribution in [2.45, 2.75) is 85.6 Å². The van der Waals surface area contributed by atoms with Crippen LogP contribution in [0, 0.1) is 32.6 Å². The summed E-state index contributed by atoms with van der Waals surface area (Å²) >= 11 is 0. The van der Waals surface area contributed by atoms with Crippen LogP contribution in [0.25, 0.3) is 6.08 Å². The fourth-order valence-electron chi connectivity index (χ4n) is 5.86. The lowest BCUT2D eigenvalue weighted by atomic mass is 9.56. The van der Waals surface area contributed by atoms with Crippen LogP contribution in [0.5, 0.6) is 0 Å². The Hall–Kier alpha value is -2.34. The third-order valence-corrected chi connectivity index (χ3v) is 8.71. The monoisotopic (exact) mass is 503 g/mol. The molecule has 2 aromatic rings. The number of nitrogens with one attached hydrogen (secondary N) is 1. The molecular formula is C31H50BN5. The van der Waals surface area contributed by atoms with Crippen LogP contribution in [-0.4, -0.2) is 55.4 Å². The molecule has 0 aliphatic carbocycles. The van der Waals surface area contributed by atoms with Gasteiger partial charge in [0, 0.05) is 24.7 Å². The van der Waals surface area contributed by atoms with E-state index in [0.29, 0.717) is 12.0 Å². The predicted molar refractivity (Wildman–Crippen MR) is 164 cm³/mol. The number of aromatic nitrogens is 2. The van der Waals surface area contributed by atoms with Crippen LogP contribution in [-0.2, 0) is 0 Å². The minimum atomic E-state index is 0.136. The van der Waals surface area contributed by atoms with Crippen LogP contribution in [0.1, 0.15) is 81.4 Å². The van der Waals surface area contributed by atoms with E-state index in [1.54, 1.807) is 0 Å². The SMILES string of the molecule is B[C@](CC)(CN(C)[C@H](C)CC(C)C)C1CN(c2nc(C)c(C=C)c(N[C@H](C)c3ccc(C)cc3C)n2)C1. The lowest BCUT2D eigenvalue weighted by Gasteiger charge is -2.51. The Kier molecular flexibility index (Phi) is 9.49. The summed E-state index contributed by atoms with van der Waals surface area (Å²) in [6.07, 6.45) is 4.29. The van der Waals surface area contributed by atoms with Crippen molar-refractivity contribution in [2.75, 3.05) is 36.9 Å². The number of nitrogens with zero attached hydrogens (tertiary/aromatic N) is 4. The standard InChI is InChI=1S/C31H50BN5/c1-11-27-24(8)34-30(35-29(27)33-25(9)28-14-13-21(5)16-22(28)6)37-17-26(18-37)31(32,12-2)19-36(10)23(7)15-20(3)4/h11,13-14,16,20,23,25-26H,1,12,15,17-19,32H2,2-10H3,(H,33,34,35)/t23-,25-,31-/m1/s1. The van der Waals surface area contributed by atoms with E-state index in [2.05, 4.69) is 110 Å². The minimum Gasteiger partial charge on any atom is -0.363 e. The van der Waals surface area contributed by atoms with Gasteiger partial charge in [0.25, 0.3) is 0 Å². The second-order valence-corrected chi connectivity index (χ2v) is 12.3. The lowest BCUT2D eigenvalue weighted by molar-refractivity contribution is 0.158. The highest BCUT2D eigenvalue weighted by molar-refractivity contribution is 6.15. The molecule has 3 atom stereocenters. The Balaban J connectivity index is 1.74. The molecule has 6 heteroatoms. The zero-order valence-electron chi connectivity index (χ0n) is 25.2. The topological polar surface area (TPSA) is 44.3 Å². The van der Waals surface area contributed by atoms with Crippen molar-refractivity contribution >= 4 is 25.7 Å². The average Bonchev–Trinajstić information content (AvgIpc) is 2.77. The molecule has 5 nitrogen and oxygen atoms in total. The first-order valence-electron chi connectivity index (χ1n) is 14.2. The van der Waals surface area contributed by atoms with Gasteiger partial charge in [-0.15, -0.1) is 0 Å². The molecule has 1 aliphatic heterocycles. The third kappa shape index (κ3) is 6.76. The highest BCUT2D eigenvalue weighted by Gasteiger charge is 2.42. The second kappa shape index (κ2) is 12.0. The van der Waals surface area contributed by atoms with Gasteiger partial charge in [0.05, 0.1) is 11.7 Å². The van der Waals surface area contributed by atoms with Crippen LogP contribution in [0.15, 0.2) is 24.8 Å². The van der Waals surface area contributed by atoms with Crippen molar-refractivity contribution < 1.29 is 0 Å². The van der Waals surface area contributed by atoms with E-state index in [4.69, 9.17) is 9.97 Å². The maximum atomic E-state index is 5.03. The number of aryl methyl sites for hydroxylation is 3. The maximum absolute atomic E-state index is 5.03. The first-order chi connectivity index (χ1) is 17.4. The quantitative estimate of drug-likeness (QED) is 0.348. The van der Waals surface area contributed by atoms with Gasteiger partial charge in [-0.2, -0.15) is 4.98 Å². The van der Waals surface area contributed by atoms with E-state index in [0.717, 1.165) is 48.6 Å². The molecule has 1 fully saturated rings. The molecule has 1 saturated heterocycles. The van der Waals surface area contributed by atoms with Gasteiger partial charge in [-0.25, -0.2) is 4.98 Å². The first-order valence-corrected chi connectivity index (χ1v) is 14.2. The molecule has 0 bridgehead atoms. The molecule has 3 rings (SSSR count). The van der Waals surface area contributed by atoms with Gasteiger partial charge in [-0.1, -0.05) is 63.6 Å². The largest absolute Gasteiger partial charge is 0.363 e. The van der Waals surface area contributed by atoms with Gasteiger partial charge in [-0.05, 0) is 82.9 Å². The van der Waals surface area contributed by atoms with Crippen molar-refractivity contribution in [3.05, 3.63) is 52.7 Å². The van der Waals surface area contributed by atoms with E-state index >= 15 is 0 Å². The summed E-state index contributed by atoms with van der Waals surface area (Å²) in [4.78, 5) is 14.8. The van der Waals surface area contributed by atoms with E-state index in [1.807, 2.05) is 6.08 Å². The average molecular weight is 504 g/mol. The summed E-state index contributed by atoms with van der Waals surface area (Å²) < 4.78 is 0. The molecule has 202 valence electrons. The molecule has 0 unspecified atom stereocenters. The predicted octanol–water partition coefficient (Wildman–Crippen LogP) is 6.22. The Bertz CT molecular complexity index is 1080. The Morgan fingerprint density at radius 3 is 2.43 bits per heavy atom. The molecular weight excluding hydrogens is 453 g/mol. The fraction of sp³-hybridized carbons (Fsp3) is 0.613. The summed E-state index contributed by atoms with van der Waals surface area (Å²) in [7, 11) is 4.77. The highest BCUT2D eigenvalue weighted by atomic mass is 15.3. The number of hydrogen-bond donors (Lipinski definition) is 1. The zero-order valence-corrected chi connectivity index (χ0v) is 25.2. The highest BCUT2D eigenvalue weighted by Crippen LogP contribution is 2.43. The summed E-state index contributed by atoms with van der Waals surface area (Å²) in [5.41, 5.74) is 5.82. The smallest absolute Gasteiger partial charge is 0.227 e. The van der Waals surface area contributed by atoms with Gasteiger partial charge in [-0.3, -0.25) is 0 Å². The number of rotatable bonds is 12. The Morgan fingerprint density at radius 1 is 1.19 bits per heavy atom. The molecule has 0 radical (unpaired) electrons.